The van der Waals surface area contributed by atoms with Gasteiger partial charge in [0.25, 0.3) is 0 Å². The molecule has 0 bridgehead atoms. The normalized spacial score (nSPS) is 17.3. The molecule has 142 valence electrons. The molecule has 0 aliphatic carbocycles. The number of hydrogen-bond donors (Lipinski definition) is 1. The van der Waals surface area contributed by atoms with E-state index >= 15 is 0 Å². The zero-order chi connectivity index (χ0) is 18.4. The number of thiazole rings is 1. The molecule has 1 fully saturated rings. The van der Waals surface area contributed by atoms with Gasteiger partial charge in [-0.15, -0.1) is 16.4 Å². The average Bonchev–Trinajstić information content (AvgIpc) is 3.29. The molecule has 1 atom stereocenters. The van der Waals surface area contributed by atoms with Gasteiger partial charge in [0.05, 0.1) is 12.6 Å². The SMILES string of the molecule is CC1CCN(Cc2nnnn2CCCC(=O)N[C@@H](C)c2nccs2)CC1. The van der Waals surface area contributed by atoms with Crippen molar-refractivity contribution >= 4 is 17.2 Å². The minimum Gasteiger partial charge on any atom is -0.347 e. The third-order valence-corrected chi connectivity index (χ3v) is 5.78. The molecule has 1 saturated heterocycles. The lowest BCUT2D eigenvalue weighted by atomic mass is 9.99. The Morgan fingerprint density at radius 2 is 2.23 bits per heavy atom. The Morgan fingerprint density at radius 1 is 1.42 bits per heavy atom. The monoisotopic (exact) mass is 377 g/mol. The predicted octanol–water partition coefficient (Wildman–Crippen LogP) is 2.02. The maximum atomic E-state index is 12.1. The Bertz CT molecular complexity index is 679. The lowest BCUT2D eigenvalue weighted by molar-refractivity contribution is -0.121. The van der Waals surface area contributed by atoms with Crippen molar-refractivity contribution in [1.82, 2.24) is 35.4 Å². The largest absolute Gasteiger partial charge is 0.347 e. The molecule has 8 nitrogen and oxygen atoms in total. The van der Waals surface area contributed by atoms with Crippen LogP contribution in [0.5, 0.6) is 0 Å². The van der Waals surface area contributed by atoms with Gasteiger partial charge in [0, 0.05) is 24.5 Å². The first-order chi connectivity index (χ1) is 12.6. The average molecular weight is 378 g/mol. The summed E-state index contributed by atoms with van der Waals surface area (Å²) in [5.74, 6) is 1.73. The van der Waals surface area contributed by atoms with Crippen LogP contribution in [-0.2, 0) is 17.9 Å². The van der Waals surface area contributed by atoms with E-state index in [0.29, 0.717) is 19.4 Å². The van der Waals surface area contributed by atoms with E-state index in [1.54, 1.807) is 17.5 Å². The third-order valence-electron chi connectivity index (χ3n) is 4.82. The van der Waals surface area contributed by atoms with E-state index in [4.69, 9.17) is 0 Å². The highest BCUT2D eigenvalue weighted by Gasteiger charge is 2.18. The highest BCUT2D eigenvalue weighted by Crippen LogP contribution is 2.17. The number of tetrazole rings is 1. The second-order valence-corrected chi connectivity index (χ2v) is 7.97. The van der Waals surface area contributed by atoms with Gasteiger partial charge in [-0.25, -0.2) is 9.67 Å². The molecule has 3 heterocycles. The third kappa shape index (κ3) is 5.31. The molecule has 3 rings (SSSR count). The first-order valence-corrected chi connectivity index (χ1v) is 10.2. The molecule has 1 amide bonds. The van der Waals surface area contributed by atoms with Crippen LogP contribution >= 0.6 is 11.3 Å². The maximum Gasteiger partial charge on any atom is 0.220 e. The molecular formula is C17H27N7OS. The number of amides is 1. The molecule has 0 saturated carbocycles. The van der Waals surface area contributed by atoms with E-state index in [-0.39, 0.29) is 11.9 Å². The van der Waals surface area contributed by atoms with Crippen molar-refractivity contribution in [1.29, 1.82) is 0 Å². The summed E-state index contributed by atoms with van der Waals surface area (Å²) in [6.07, 6.45) is 5.39. The Labute approximate surface area is 158 Å². The summed E-state index contributed by atoms with van der Waals surface area (Å²) in [7, 11) is 0. The van der Waals surface area contributed by atoms with Crippen LogP contribution in [0.15, 0.2) is 11.6 Å². The van der Waals surface area contributed by atoms with Crippen LogP contribution in [0.25, 0.3) is 0 Å². The molecule has 1 N–H and O–H groups in total. The first-order valence-electron chi connectivity index (χ1n) is 9.28. The summed E-state index contributed by atoms with van der Waals surface area (Å²) < 4.78 is 1.83. The second kappa shape index (κ2) is 9.18. The lowest BCUT2D eigenvalue weighted by Crippen LogP contribution is -2.33. The lowest BCUT2D eigenvalue weighted by Gasteiger charge is -2.29. The van der Waals surface area contributed by atoms with E-state index in [1.807, 2.05) is 17.0 Å². The Kier molecular flexibility index (Phi) is 6.67. The van der Waals surface area contributed by atoms with Crippen LogP contribution in [-0.4, -0.2) is 49.1 Å². The van der Waals surface area contributed by atoms with Crippen LogP contribution in [0.4, 0.5) is 0 Å². The number of nitrogens with one attached hydrogen (secondary N) is 1. The number of carbonyl (C=O) groups is 1. The minimum atomic E-state index is -0.0485. The van der Waals surface area contributed by atoms with E-state index in [1.165, 1.54) is 12.8 Å². The molecule has 2 aromatic rings. The van der Waals surface area contributed by atoms with Gasteiger partial charge in [0.2, 0.25) is 5.91 Å². The summed E-state index contributed by atoms with van der Waals surface area (Å²) in [6.45, 7) is 7.91. The molecule has 1 aliphatic rings. The van der Waals surface area contributed by atoms with Crippen molar-refractivity contribution in [3.63, 3.8) is 0 Å². The summed E-state index contributed by atoms with van der Waals surface area (Å²) in [6, 6.07) is -0.0485. The fourth-order valence-corrected chi connectivity index (χ4v) is 3.79. The van der Waals surface area contributed by atoms with Crippen LogP contribution in [0.3, 0.4) is 0 Å². The molecule has 0 spiro atoms. The van der Waals surface area contributed by atoms with Gasteiger partial charge >= 0.3 is 0 Å². The van der Waals surface area contributed by atoms with Crippen LogP contribution in [0, 0.1) is 5.92 Å². The molecular weight excluding hydrogens is 350 g/mol. The Hall–Kier alpha value is -1.87. The standard InChI is InChI=1S/C17H27N7OS/c1-13-5-9-23(10-6-13)12-15-20-21-22-24(15)8-3-4-16(25)19-14(2)17-18-7-11-26-17/h7,11,13-14H,3-6,8-10,12H2,1-2H3,(H,19,25)/t14-/m0/s1. The van der Waals surface area contributed by atoms with Gasteiger partial charge in [0.1, 0.15) is 5.01 Å². The summed E-state index contributed by atoms with van der Waals surface area (Å²) in [4.78, 5) is 18.7. The summed E-state index contributed by atoms with van der Waals surface area (Å²) in [5.41, 5.74) is 0. The van der Waals surface area contributed by atoms with E-state index in [2.05, 4.69) is 37.6 Å². The van der Waals surface area contributed by atoms with Crippen molar-refractivity contribution in [3.05, 3.63) is 22.4 Å². The van der Waals surface area contributed by atoms with Crippen molar-refractivity contribution in [3.8, 4) is 0 Å². The van der Waals surface area contributed by atoms with Gasteiger partial charge < -0.3 is 5.32 Å². The van der Waals surface area contributed by atoms with Gasteiger partial charge in [-0.2, -0.15) is 0 Å². The molecule has 0 radical (unpaired) electrons. The molecule has 0 aromatic carbocycles. The van der Waals surface area contributed by atoms with Crippen molar-refractivity contribution in [2.45, 2.75) is 58.7 Å². The van der Waals surface area contributed by atoms with Gasteiger partial charge in [-0.05, 0) is 55.6 Å². The van der Waals surface area contributed by atoms with E-state index in [0.717, 1.165) is 36.4 Å². The fourth-order valence-electron chi connectivity index (χ4n) is 3.14. The number of nitrogens with zero attached hydrogens (tertiary/aromatic N) is 6. The number of piperidine rings is 1. The van der Waals surface area contributed by atoms with Crippen molar-refractivity contribution in [2.24, 2.45) is 5.92 Å². The fraction of sp³-hybridized carbons (Fsp3) is 0.706. The van der Waals surface area contributed by atoms with Crippen LogP contribution < -0.4 is 5.32 Å². The molecule has 9 heteroatoms. The number of aromatic nitrogens is 5. The van der Waals surface area contributed by atoms with Crippen LogP contribution in [0.2, 0.25) is 0 Å². The maximum absolute atomic E-state index is 12.1. The van der Waals surface area contributed by atoms with Gasteiger partial charge in [-0.3, -0.25) is 9.69 Å². The van der Waals surface area contributed by atoms with E-state index < -0.39 is 0 Å². The number of aryl methyl sites for hydroxylation is 1. The molecule has 0 unspecified atom stereocenters. The number of rotatable bonds is 8. The number of hydrogen-bond acceptors (Lipinski definition) is 7. The topological polar surface area (TPSA) is 88.8 Å². The van der Waals surface area contributed by atoms with Gasteiger partial charge in [0.15, 0.2) is 5.82 Å². The predicted molar refractivity (Wildman–Crippen MR) is 99.4 cm³/mol. The number of likely N-dealkylation sites (tertiary alicyclic amines) is 1. The molecule has 1 aliphatic heterocycles. The quantitative estimate of drug-likeness (QED) is 0.757. The van der Waals surface area contributed by atoms with Crippen LogP contribution in [0.1, 0.15) is 56.4 Å². The molecule has 26 heavy (non-hydrogen) atoms. The van der Waals surface area contributed by atoms with Gasteiger partial charge in [-0.1, -0.05) is 6.92 Å². The first kappa shape index (κ1) is 18.9. The van der Waals surface area contributed by atoms with E-state index in [9.17, 15) is 4.79 Å². The Balaban J connectivity index is 1.41. The summed E-state index contributed by atoms with van der Waals surface area (Å²) in [5, 5.41) is 17.9. The minimum absolute atomic E-state index is 0.0346. The van der Waals surface area contributed by atoms with Crippen molar-refractivity contribution in [2.75, 3.05) is 13.1 Å². The Morgan fingerprint density at radius 3 is 2.96 bits per heavy atom. The molecule has 2 aromatic heterocycles. The second-order valence-electron chi connectivity index (χ2n) is 7.04. The zero-order valence-electron chi connectivity index (χ0n) is 15.5. The number of carbonyl (C=O) groups excluding carboxylic acids is 1. The highest BCUT2D eigenvalue weighted by molar-refractivity contribution is 7.09. The highest BCUT2D eigenvalue weighted by atomic mass is 32.1. The summed E-state index contributed by atoms with van der Waals surface area (Å²) >= 11 is 1.55. The zero-order valence-corrected chi connectivity index (χ0v) is 16.3. The van der Waals surface area contributed by atoms with Crippen molar-refractivity contribution < 1.29 is 4.79 Å². The smallest absolute Gasteiger partial charge is 0.220 e.